The molecule has 9 heteroatoms. The molecular weight excluding hydrogens is 302 g/mol. The van der Waals surface area contributed by atoms with Crippen molar-refractivity contribution in [1.29, 1.82) is 0 Å². The first-order valence-corrected chi connectivity index (χ1v) is 8.12. The minimum absolute atomic E-state index is 0.0237. The molecule has 1 aliphatic rings. The summed E-state index contributed by atoms with van der Waals surface area (Å²) in [6, 6.07) is 1.92. The molecule has 0 radical (unpaired) electrons. The van der Waals surface area contributed by atoms with Crippen LogP contribution in [0.1, 0.15) is 12.8 Å². The molecule has 1 aromatic rings. The number of nitrogen functional groups attached to an aromatic ring is 1. The molecule has 1 aromatic heterocycles. The van der Waals surface area contributed by atoms with Crippen LogP contribution in [-0.4, -0.2) is 44.5 Å². The van der Waals surface area contributed by atoms with E-state index in [0.29, 0.717) is 19.1 Å². The monoisotopic (exact) mass is 319 g/mol. The molecule has 0 aromatic carbocycles. The van der Waals surface area contributed by atoms with Crippen LogP contribution in [-0.2, 0) is 10.0 Å². The van der Waals surface area contributed by atoms with Crippen molar-refractivity contribution in [1.82, 2.24) is 14.6 Å². The number of aromatic nitrogens is 1. The molecule has 7 nitrogen and oxygen atoms in total. The minimum atomic E-state index is -3.60. The van der Waals surface area contributed by atoms with E-state index in [9.17, 15) is 8.42 Å². The van der Waals surface area contributed by atoms with Crippen molar-refractivity contribution in [2.75, 3.05) is 25.6 Å². The lowest BCUT2D eigenvalue weighted by molar-refractivity contribution is 0.329. The number of likely N-dealkylation sites (N-methyl/N-ethyl adjacent to an activating group) is 1. The first-order valence-electron chi connectivity index (χ1n) is 6.26. The molecule has 4 N–H and O–H groups in total. The van der Waals surface area contributed by atoms with Gasteiger partial charge in [-0.25, -0.2) is 24.0 Å². The van der Waals surface area contributed by atoms with Crippen molar-refractivity contribution in [3.63, 3.8) is 0 Å². The molecule has 1 saturated carbocycles. The van der Waals surface area contributed by atoms with E-state index < -0.39 is 10.0 Å². The summed E-state index contributed by atoms with van der Waals surface area (Å²) in [5.41, 5.74) is 2.29. The summed E-state index contributed by atoms with van der Waals surface area (Å²) < 4.78 is 26.7. The number of anilines is 1. The van der Waals surface area contributed by atoms with Gasteiger partial charge in [0.1, 0.15) is 4.90 Å². The maximum absolute atomic E-state index is 12.1. The Bertz CT molecular complexity index is 576. The predicted octanol–water partition coefficient (Wildman–Crippen LogP) is 0.393. The largest absolute Gasteiger partial charge is 0.307 e. The van der Waals surface area contributed by atoms with Crippen LogP contribution in [0.3, 0.4) is 0 Å². The summed E-state index contributed by atoms with van der Waals surface area (Å²) >= 11 is 5.86. The molecule has 112 valence electrons. The number of nitrogens with two attached hydrogens (primary N) is 1. The van der Waals surface area contributed by atoms with Gasteiger partial charge in [0.2, 0.25) is 10.0 Å². The number of halogens is 1. The van der Waals surface area contributed by atoms with Gasteiger partial charge in [0.05, 0.1) is 5.02 Å². The van der Waals surface area contributed by atoms with Crippen LogP contribution < -0.4 is 16.0 Å². The predicted molar refractivity (Wildman–Crippen MR) is 77.9 cm³/mol. The fourth-order valence-corrected chi connectivity index (χ4v) is 3.09. The average molecular weight is 320 g/mol. The van der Waals surface area contributed by atoms with Crippen LogP contribution in [0, 0.1) is 0 Å². The summed E-state index contributed by atoms with van der Waals surface area (Å²) in [4.78, 5) is 6.02. The summed E-state index contributed by atoms with van der Waals surface area (Å²) in [5, 5.41) is 0.158. The van der Waals surface area contributed by atoms with Crippen molar-refractivity contribution in [3.8, 4) is 0 Å². The third kappa shape index (κ3) is 3.80. The zero-order valence-corrected chi connectivity index (χ0v) is 12.7. The maximum atomic E-state index is 12.1. The van der Waals surface area contributed by atoms with Gasteiger partial charge >= 0.3 is 0 Å². The topological polar surface area (TPSA) is 100 Å². The number of hydrazine groups is 1. The lowest BCUT2D eigenvalue weighted by atomic mass is 10.5. The standard InChI is InChI=1S/C11H18ClN5O2S/c1-17(8-2-3-8)5-4-15-20(18,19)9-6-10(12)11(16-13)14-7-9/h6-8,15H,2-5,13H2,1H3,(H,14,16). The molecular formula is C11H18ClN5O2S. The highest BCUT2D eigenvalue weighted by Gasteiger charge is 2.26. The molecule has 0 aliphatic heterocycles. The van der Waals surface area contributed by atoms with Gasteiger partial charge in [-0.1, -0.05) is 11.6 Å². The Hall–Kier alpha value is -0.930. The van der Waals surface area contributed by atoms with Crippen molar-refractivity contribution in [2.45, 2.75) is 23.8 Å². The Kier molecular flexibility index (Phi) is 4.82. The molecule has 1 fully saturated rings. The van der Waals surface area contributed by atoms with Crippen LogP contribution in [0.2, 0.25) is 5.02 Å². The highest BCUT2D eigenvalue weighted by atomic mass is 35.5. The van der Waals surface area contributed by atoms with Crippen LogP contribution in [0.5, 0.6) is 0 Å². The molecule has 0 amide bonds. The van der Waals surface area contributed by atoms with Gasteiger partial charge in [-0.2, -0.15) is 0 Å². The Morgan fingerprint density at radius 3 is 2.80 bits per heavy atom. The van der Waals surface area contributed by atoms with Gasteiger partial charge in [0.25, 0.3) is 0 Å². The third-order valence-corrected chi connectivity index (χ3v) is 4.91. The minimum Gasteiger partial charge on any atom is -0.307 e. The smallest absolute Gasteiger partial charge is 0.242 e. The van der Waals surface area contributed by atoms with Crippen LogP contribution in [0.15, 0.2) is 17.2 Å². The Morgan fingerprint density at radius 1 is 1.55 bits per heavy atom. The number of rotatable bonds is 7. The van der Waals surface area contributed by atoms with E-state index in [1.165, 1.54) is 25.1 Å². The van der Waals surface area contributed by atoms with Crippen LogP contribution in [0.4, 0.5) is 5.82 Å². The first-order chi connectivity index (χ1) is 9.44. The molecule has 0 unspecified atom stereocenters. The van der Waals surface area contributed by atoms with E-state index in [-0.39, 0.29) is 15.7 Å². The molecule has 0 spiro atoms. The lowest BCUT2D eigenvalue weighted by Gasteiger charge is -2.15. The Morgan fingerprint density at radius 2 is 2.25 bits per heavy atom. The molecule has 0 atom stereocenters. The number of nitrogens with zero attached hydrogens (tertiary/aromatic N) is 2. The fourth-order valence-electron chi connectivity index (χ4n) is 1.81. The highest BCUT2D eigenvalue weighted by Crippen LogP contribution is 2.25. The normalized spacial score (nSPS) is 15.6. The average Bonchev–Trinajstić information content (AvgIpc) is 3.22. The van der Waals surface area contributed by atoms with E-state index in [0.717, 1.165) is 0 Å². The van der Waals surface area contributed by atoms with Crippen molar-refractivity contribution >= 4 is 27.4 Å². The maximum Gasteiger partial charge on any atom is 0.242 e. The fraction of sp³-hybridized carbons (Fsp3) is 0.545. The molecule has 1 aliphatic carbocycles. The van der Waals surface area contributed by atoms with E-state index >= 15 is 0 Å². The number of nitrogens with one attached hydrogen (secondary N) is 2. The molecule has 0 bridgehead atoms. The van der Waals surface area contributed by atoms with E-state index in [1.807, 2.05) is 7.05 Å². The van der Waals surface area contributed by atoms with Crippen LogP contribution in [0.25, 0.3) is 0 Å². The number of sulfonamides is 1. The summed E-state index contributed by atoms with van der Waals surface area (Å²) in [5.74, 6) is 5.43. The van der Waals surface area contributed by atoms with Crippen LogP contribution >= 0.6 is 11.6 Å². The third-order valence-electron chi connectivity index (χ3n) is 3.19. The van der Waals surface area contributed by atoms with E-state index in [2.05, 4.69) is 20.0 Å². The Balaban J connectivity index is 1.96. The number of pyridine rings is 1. The number of hydrogen-bond acceptors (Lipinski definition) is 6. The second-order valence-electron chi connectivity index (χ2n) is 4.76. The van der Waals surface area contributed by atoms with E-state index in [4.69, 9.17) is 17.4 Å². The van der Waals surface area contributed by atoms with Gasteiger partial charge in [-0.05, 0) is 26.0 Å². The van der Waals surface area contributed by atoms with Gasteiger partial charge < -0.3 is 10.3 Å². The summed E-state index contributed by atoms with van der Waals surface area (Å²) in [7, 11) is -1.61. The van der Waals surface area contributed by atoms with Crippen molar-refractivity contribution in [3.05, 3.63) is 17.3 Å². The van der Waals surface area contributed by atoms with Gasteiger partial charge in [-0.15, -0.1) is 0 Å². The highest BCUT2D eigenvalue weighted by molar-refractivity contribution is 7.89. The zero-order chi connectivity index (χ0) is 14.8. The number of hydrogen-bond donors (Lipinski definition) is 3. The lowest BCUT2D eigenvalue weighted by Crippen LogP contribution is -2.34. The van der Waals surface area contributed by atoms with Gasteiger partial charge in [-0.3, -0.25) is 0 Å². The molecule has 20 heavy (non-hydrogen) atoms. The van der Waals surface area contributed by atoms with E-state index in [1.54, 1.807) is 0 Å². The SMILES string of the molecule is CN(CCNS(=O)(=O)c1cnc(NN)c(Cl)c1)C1CC1. The van der Waals surface area contributed by atoms with Gasteiger partial charge in [0, 0.05) is 25.3 Å². The summed E-state index contributed by atoms with van der Waals surface area (Å²) in [6.45, 7) is 1.03. The first kappa shape index (κ1) is 15.5. The van der Waals surface area contributed by atoms with Crippen molar-refractivity contribution < 1.29 is 8.42 Å². The Labute approximate surface area is 123 Å². The van der Waals surface area contributed by atoms with Crippen molar-refractivity contribution in [2.24, 2.45) is 5.84 Å². The second kappa shape index (κ2) is 6.23. The second-order valence-corrected chi connectivity index (χ2v) is 6.93. The molecule has 2 rings (SSSR count). The quantitative estimate of drug-likeness (QED) is 0.496. The zero-order valence-electron chi connectivity index (χ0n) is 11.1. The van der Waals surface area contributed by atoms with Gasteiger partial charge in [0.15, 0.2) is 5.82 Å². The molecule has 0 saturated heterocycles. The summed E-state index contributed by atoms with van der Waals surface area (Å²) in [6.07, 6.45) is 3.60. The molecule has 1 heterocycles.